The fourth-order valence-electron chi connectivity index (χ4n) is 3.99. The van der Waals surface area contributed by atoms with Crippen molar-refractivity contribution in [2.24, 2.45) is 11.7 Å². The normalized spacial score (nSPS) is 33.0. The van der Waals surface area contributed by atoms with Crippen molar-refractivity contribution in [3.63, 3.8) is 0 Å². The average molecular weight is 254 g/mol. The first-order valence-electron chi connectivity index (χ1n) is 7.74. The molecule has 0 aliphatic heterocycles. The standard InChI is InChI=1S/C15H30N2O/c1-3-13-6-4-5-9-15(13,12-16)17(10-11-18-2)14-7-8-14/h13-14H,3-12,16H2,1-2H3. The van der Waals surface area contributed by atoms with Crippen LogP contribution < -0.4 is 5.73 Å². The third kappa shape index (κ3) is 2.73. The molecule has 0 aromatic carbocycles. The van der Waals surface area contributed by atoms with Crippen LogP contribution in [0.4, 0.5) is 0 Å². The Morgan fingerprint density at radius 3 is 2.61 bits per heavy atom. The molecular weight excluding hydrogens is 224 g/mol. The summed E-state index contributed by atoms with van der Waals surface area (Å²) < 4.78 is 5.32. The van der Waals surface area contributed by atoms with Gasteiger partial charge in [0.2, 0.25) is 0 Å². The summed E-state index contributed by atoms with van der Waals surface area (Å²) in [6, 6.07) is 0.788. The Labute approximate surface area is 112 Å². The Kier molecular flexibility index (Phi) is 5.05. The van der Waals surface area contributed by atoms with Gasteiger partial charge in [-0.3, -0.25) is 4.90 Å². The van der Waals surface area contributed by atoms with Gasteiger partial charge in [0.1, 0.15) is 0 Å². The molecule has 2 saturated carbocycles. The molecule has 0 spiro atoms. The second kappa shape index (κ2) is 6.36. The van der Waals surface area contributed by atoms with Gasteiger partial charge in [-0.15, -0.1) is 0 Å². The summed E-state index contributed by atoms with van der Waals surface area (Å²) in [5.41, 5.74) is 6.53. The lowest BCUT2D eigenvalue weighted by Crippen LogP contribution is -2.61. The van der Waals surface area contributed by atoms with Gasteiger partial charge in [-0.25, -0.2) is 0 Å². The Balaban J connectivity index is 2.14. The highest BCUT2D eigenvalue weighted by Gasteiger charge is 2.48. The van der Waals surface area contributed by atoms with Gasteiger partial charge in [-0.05, 0) is 31.6 Å². The summed E-state index contributed by atoms with van der Waals surface area (Å²) in [6.07, 6.45) is 9.40. The lowest BCUT2D eigenvalue weighted by molar-refractivity contribution is -0.0161. The summed E-state index contributed by atoms with van der Waals surface area (Å²) >= 11 is 0. The van der Waals surface area contributed by atoms with Crippen LogP contribution in [0.15, 0.2) is 0 Å². The third-order valence-corrected chi connectivity index (χ3v) is 5.11. The molecule has 0 radical (unpaired) electrons. The summed E-state index contributed by atoms with van der Waals surface area (Å²) in [6.45, 7) is 5.07. The minimum Gasteiger partial charge on any atom is -0.383 e. The topological polar surface area (TPSA) is 38.5 Å². The van der Waals surface area contributed by atoms with E-state index >= 15 is 0 Å². The van der Waals surface area contributed by atoms with Crippen molar-refractivity contribution in [1.29, 1.82) is 0 Å². The van der Waals surface area contributed by atoms with Gasteiger partial charge in [0.05, 0.1) is 6.61 Å². The van der Waals surface area contributed by atoms with Crippen LogP contribution in [-0.4, -0.2) is 43.3 Å². The molecule has 3 nitrogen and oxygen atoms in total. The Morgan fingerprint density at radius 1 is 1.28 bits per heavy atom. The molecule has 2 atom stereocenters. The van der Waals surface area contributed by atoms with Gasteiger partial charge in [0.25, 0.3) is 0 Å². The molecule has 0 aromatic heterocycles. The van der Waals surface area contributed by atoms with Crippen molar-refractivity contribution in [1.82, 2.24) is 4.90 Å². The number of hydrogen-bond acceptors (Lipinski definition) is 3. The van der Waals surface area contributed by atoms with Crippen molar-refractivity contribution in [3.8, 4) is 0 Å². The molecule has 2 N–H and O–H groups in total. The van der Waals surface area contributed by atoms with Gasteiger partial charge >= 0.3 is 0 Å². The van der Waals surface area contributed by atoms with Gasteiger partial charge in [-0.2, -0.15) is 0 Å². The molecule has 2 aliphatic rings. The van der Waals surface area contributed by atoms with E-state index in [4.69, 9.17) is 10.5 Å². The van der Waals surface area contributed by atoms with Crippen LogP contribution in [0.3, 0.4) is 0 Å². The first-order chi connectivity index (χ1) is 8.78. The Hall–Kier alpha value is -0.120. The highest BCUT2D eigenvalue weighted by molar-refractivity contribution is 5.04. The average Bonchev–Trinajstić information content (AvgIpc) is 3.24. The van der Waals surface area contributed by atoms with Crippen LogP contribution in [-0.2, 0) is 4.74 Å². The number of hydrogen-bond donors (Lipinski definition) is 1. The quantitative estimate of drug-likeness (QED) is 0.758. The molecule has 0 saturated heterocycles. The maximum atomic E-state index is 6.26. The molecule has 0 bridgehead atoms. The van der Waals surface area contributed by atoms with Gasteiger partial charge in [-0.1, -0.05) is 26.2 Å². The second-order valence-electron chi connectivity index (χ2n) is 6.08. The van der Waals surface area contributed by atoms with E-state index in [1.807, 2.05) is 0 Å². The molecule has 2 rings (SSSR count). The zero-order chi connectivity index (χ0) is 13.0. The zero-order valence-corrected chi connectivity index (χ0v) is 12.2. The smallest absolute Gasteiger partial charge is 0.0590 e. The predicted molar refractivity (Wildman–Crippen MR) is 75.6 cm³/mol. The monoisotopic (exact) mass is 254 g/mol. The number of methoxy groups -OCH3 is 1. The molecule has 2 fully saturated rings. The van der Waals surface area contributed by atoms with Gasteiger partial charge in [0, 0.05) is 31.8 Å². The van der Waals surface area contributed by atoms with Crippen molar-refractivity contribution in [2.75, 3.05) is 26.8 Å². The molecule has 0 aromatic rings. The van der Waals surface area contributed by atoms with Crippen LogP contribution in [0.2, 0.25) is 0 Å². The van der Waals surface area contributed by atoms with E-state index in [2.05, 4.69) is 11.8 Å². The van der Waals surface area contributed by atoms with E-state index < -0.39 is 0 Å². The molecule has 18 heavy (non-hydrogen) atoms. The molecule has 0 heterocycles. The molecule has 0 amide bonds. The van der Waals surface area contributed by atoms with E-state index in [9.17, 15) is 0 Å². The number of rotatable bonds is 7. The van der Waals surface area contributed by atoms with E-state index in [1.165, 1.54) is 44.9 Å². The van der Waals surface area contributed by atoms with Crippen LogP contribution in [0.5, 0.6) is 0 Å². The minimum atomic E-state index is 0.271. The summed E-state index contributed by atoms with van der Waals surface area (Å²) in [4.78, 5) is 2.73. The van der Waals surface area contributed by atoms with Crippen LogP contribution in [0, 0.1) is 5.92 Å². The number of nitrogens with zero attached hydrogens (tertiary/aromatic N) is 1. The van der Waals surface area contributed by atoms with E-state index in [1.54, 1.807) is 7.11 Å². The van der Waals surface area contributed by atoms with Crippen LogP contribution in [0.1, 0.15) is 51.9 Å². The SMILES string of the molecule is CCC1CCCCC1(CN)N(CCOC)C1CC1. The van der Waals surface area contributed by atoms with Crippen molar-refractivity contribution in [2.45, 2.75) is 63.5 Å². The maximum Gasteiger partial charge on any atom is 0.0590 e. The first-order valence-corrected chi connectivity index (χ1v) is 7.74. The van der Waals surface area contributed by atoms with E-state index in [-0.39, 0.29) is 5.54 Å². The summed E-state index contributed by atoms with van der Waals surface area (Å²) in [7, 11) is 1.80. The van der Waals surface area contributed by atoms with Crippen LogP contribution in [0.25, 0.3) is 0 Å². The molecular formula is C15H30N2O. The zero-order valence-electron chi connectivity index (χ0n) is 12.2. The molecule has 3 heteroatoms. The summed E-state index contributed by atoms with van der Waals surface area (Å²) in [5.74, 6) is 0.786. The fraction of sp³-hybridized carbons (Fsp3) is 1.00. The molecule has 2 aliphatic carbocycles. The summed E-state index contributed by atoms with van der Waals surface area (Å²) in [5, 5.41) is 0. The van der Waals surface area contributed by atoms with Crippen molar-refractivity contribution in [3.05, 3.63) is 0 Å². The highest BCUT2D eigenvalue weighted by Crippen LogP contribution is 2.44. The lowest BCUT2D eigenvalue weighted by atomic mass is 9.70. The molecule has 106 valence electrons. The van der Waals surface area contributed by atoms with E-state index in [0.29, 0.717) is 0 Å². The van der Waals surface area contributed by atoms with Gasteiger partial charge < -0.3 is 10.5 Å². The Morgan fingerprint density at radius 2 is 2.06 bits per heavy atom. The van der Waals surface area contributed by atoms with Crippen molar-refractivity contribution < 1.29 is 4.74 Å². The fourth-order valence-corrected chi connectivity index (χ4v) is 3.99. The number of ether oxygens (including phenoxy) is 1. The van der Waals surface area contributed by atoms with E-state index in [0.717, 1.165) is 31.7 Å². The predicted octanol–water partition coefficient (Wildman–Crippen LogP) is 2.39. The van der Waals surface area contributed by atoms with Crippen LogP contribution >= 0.6 is 0 Å². The second-order valence-corrected chi connectivity index (χ2v) is 6.08. The van der Waals surface area contributed by atoms with Crippen molar-refractivity contribution >= 4 is 0 Å². The molecule has 2 unspecified atom stereocenters. The van der Waals surface area contributed by atoms with Gasteiger partial charge in [0.15, 0.2) is 0 Å². The lowest BCUT2D eigenvalue weighted by Gasteiger charge is -2.51. The first kappa shape index (κ1) is 14.3. The largest absolute Gasteiger partial charge is 0.383 e. The number of nitrogens with two attached hydrogens (primary N) is 1. The highest BCUT2D eigenvalue weighted by atomic mass is 16.5. The Bertz CT molecular complexity index is 255. The minimum absolute atomic E-state index is 0.271. The third-order valence-electron chi connectivity index (χ3n) is 5.11. The maximum absolute atomic E-state index is 6.26.